The number of hydrogen-bond acceptors (Lipinski definition) is 3. The van der Waals surface area contributed by atoms with Crippen LogP contribution in [0.15, 0.2) is 54.6 Å². The van der Waals surface area contributed by atoms with Crippen LogP contribution < -0.4 is 10.1 Å². The lowest BCUT2D eigenvalue weighted by molar-refractivity contribution is -0.127. The van der Waals surface area contributed by atoms with E-state index in [0.717, 1.165) is 11.1 Å². The Hall–Kier alpha value is -2.33. The van der Waals surface area contributed by atoms with E-state index in [1.165, 1.54) is 0 Å². The van der Waals surface area contributed by atoms with Crippen molar-refractivity contribution in [1.29, 1.82) is 0 Å². The fraction of sp³-hybridized carbons (Fsp3) is 0.316. The van der Waals surface area contributed by atoms with E-state index in [4.69, 9.17) is 9.47 Å². The van der Waals surface area contributed by atoms with E-state index in [0.29, 0.717) is 25.5 Å². The molecule has 0 heterocycles. The first-order chi connectivity index (χ1) is 11.1. The SMILES string of the molecule is Cc1cccc(O[C@@H](C)C(=O)NCCOCc2ccccc2)c1. The van der Waals surface area contributed by atoms with E-state index in [2.05, 4.69) is 5.32 Å². The van der Waals surface area contributed by atoms with Crippen molar-refractivity contribution in [1.82, 2.24) is 5.32 Å². The molecule has 0 saturated carbocycles. The molecule has 2 aromatic carbocycles. The fourth-order valence-electron chi connectivity index (χ4n) is 2.10. The highest BCUT2D eigenvalue weighted by Crippen LogP contribution is 2.14. The molecule has 2 aromatic rings. The number of benzene rings is 2. The zero-order valence-electron chi connectivity index (χ0n) is 13.6. The van der Waals surface area contributed by atoms with Gasteiger partial charge in [-0.05, 0) is 37.1 Å². The van der Waals surface area contributed by atoms with Crippen molar-refractivity contribution in [2.75, 3.05) is 13.2 Å². The Morgan fingerprint density at radius 3 is 2.65 bits per heavy atom. The first kappa shape index (κ1) is 17.0. The predicted molar refractivity (Wildman–Crippen MR) is 90.4 cm³/mol. The van der Waals surface area contributed by atoms with Gasteiger partial charge in [0.2, 0.25) is 0 Å². The number of aryl methyl sites for hydroxylation is 1. The minimum absolute atomic E-state index is 0.144. The van der Waals surface area contributed by atoms with Gasteiger partial charge in [0.05, 0.1) is 13.2 Å². The maximum absolute atomic E-state index is 12.0. The first-order valence-corrected chi connectivity index (χ1v) is 7.78. The van der Waals surface area contributed by atoms with Crippen molar-refractivity contribution >= 4 is 5.91 Å². The predicted octanol–water partition coefficient (Wildman–Crippen LogP) is 3.10. The second kappa shape index (κ2) is 8.96. The molecule has 0 radical (unpaired) electrons. The van der Waals surface area contributed by atoms with Crippen molar-refractivity contribution in [3.63, 3.8) is 0 Å². The van der Waals surface area contributed by atoms with Crippen LogP contribution in [0, 0.1) is 6.92 Å². The summed E-state index contributed by atoms with van der Waals surface area (Å²) in [5, 5.41) is 2.81. The van der Waals surface area contributed by atoms with E-state index in [-0.39, 0.29) is 5.91 Å². The molecule has 23 heavy (non-hydrogen) atoms. The quantitative estimate of drug-likeness (QED) is 0.762. The van der Waals surface area contributed by atoms with E-state index in [1.807, 2.05) is 61.5 Å². The maximum atomic E-state index is 12.0. The Morgan fingerprint density at radius 2 is 1.91 bits per heavy atom. The van der Waals surface area contributed by atoms with E-state index in [1.54, 1.807) is 6.92 Å². The fourth-order valence-corrected chi connectivity index (χ4v) is 2.10. The monoisotopic (exact) mass is 313 g/mol. The molecule has 1 N–H and O–H groups in total. The maximum Gasteiger partial charge on any atom is 0.260 e. The molecule has 0 fully saturated rings. The number of hydrogen-bond donors (Lipinski definition) is 1. The summed E-state index contributed by atoms with van der Waals surface area (Å²) in [5.41, 5.74) is 2.22. The van der Waals surface area contributed by atoms with E-state index in [9.17, 15) is 4.79 Å². The third-order valence-electron chi connectivity index (χ3n) is 3.33. The van der Waals surface area contributed by atoms with Gasteiger partial charge in [0.1, 0.15) is 5.75 Å². The van der Waals surface area contributed by atoms with Gasteiger partial charge in [0, 0.05) is 6.54 Å². The molecule has 4 nitrogen and oxygen atoms in total. The Kier molecular flexibility index (Phi) is 6.63. The second-order valence-electron chi connectivity index (χ2n) is 5.41. The second-order valence-corrected chi connectivity index (χ2v) is 5.41. The summed E-state index contributed by atoms with van der Waals surface area (Å²) in [6.07, 6.45) is -0.536. The van der Waals surface area contributed by atoms with Crippen LogP contribution in [0.25, 0.3) is 0 Å². The van der Waals surface area contributed by atoms with Crippen molar-refractivity contribution < 1.29 is 14.3 Å². The summed E-state index contributed by atoms with van der Waals surface area (Å²) in [5.74, 6) is 0.558. The number of ether oxygens (including phenoxy) is 2. The molecule has 4 heteroatoms. The molecule has 1 amide bonds. The van der Waals surface area contributed by atoms with Gasteiger partial charge in [0.15, 0.2) is 6.10 Å². The topological polar surface area (TPSA) is 47.6 Å². The average molecular weight is 313 g/mol. The molecule has 122 valence electrons. The van der Waals surface area contributed by atoms with Crippen LogP contribution >= 0.6 is 0 Å². The van der Waals surface area contributed by atoms with Gasteiger partial charge in [0.25, 0.3) is 5.91 Å². The zero-order valence-corrected chi connectivity index (χ0v) is 13.6. The molecule has 0 saturated heterocycles. The van der Waals surface area contributed by atoms with Crippen LogP contribution in [0.2, 0.25) is 0 Å². The lowest BCUT2D eigenvalue weighted by Crippen LogP contribution is -2.38. The highest BCUT2D eigenvalue weighted by Gasteiger charge is 2.13. The Morgan fingerprint density at radius 1 is 1.13 bits per heavy atom. The van der Waals surface area contributed by atoms with Crippen LogP contribution in [-0.4, -0.2) is 25.2 Å². The minimum atomic E-state index is -0.536. The Balaban J connectivity index is 1.64. The summed E-state index contributed by atoms with van der Waals surface area (Å²) in [7, 11) is 0. The van der Waals surface area contributed by atoms with Crippen molar-refractivity contribution in [2.24, 2.45) is 0 Å². The molecule has 0 aliphatic rings. The Bertz CT molecular complexity index is 613. The molecule has 0 aromatic heterocycles. The smallest absolute Gasteiger partial charge is 0.260 e. The molecule has 0 aliphatic carbocycles. The number of carbonyl (C=O) groups is 1. The molecule has 0 spiro atoms. The highest BCUT2D eigenvalue weighted by atomic mass is 16.5. The van der Waals surface area contributed by atoms with Gasteiger partial charge in [-0.25, -0.2) is 0 Å². The number of nitrogens with one attached hydrogen (secondary N) is 1. The molecular formula is C19H23NO3. The van der Waals surface area contributed by atoms with Gasteiger partial charge in [-0.15, -0.1) is 0 Å². The number of carbonyl (C=O) groups excluding carboxylic acids is 1. The largest absolute Gasteiger partial charge is 0.481 e. The van der Waals surface area contributed by atoms with Crippen LogP contribution in [0.3, 0.4) is 0 Å². The van der Waals surface area contributed by atoms with E-state index < -0.39 is 6.10 Å². The van der Waals surface area contributed by atoms with Crippen LogP contribution in [-0.2, 0) is 16.1 Å². The third-order valence-corrected chi connectivity index (χ3v) is 3.33. The van der Waals surface area contributed by atoms with Gasteiger partial charge in [-0.3, -0.25) is 4.79 Å². The van der Waals surface area contributed by atoms with Crippen molar-refractivity contribution in [3.05, 3.63) is 65.7 Å². The van der Waals surface area contributed by atoms with Crippen LogP contribution in [0.1, 0.15) is 18.1 Å². The normalized spacial score (nSPS) is 11.7. The molecule has 1 atom stereocenters. The van der Waals surface area contributed by atoms with Gasteiger partial charge in [-0.1, -0.05) is 42.5 Å². The summed E-state index contributed by atoms with van der Waals surface area (Å²) in [4.78, 5) is 12.0. The third kappa shape index (κ3) is 6.12. The summed E-state index contributed by atoms with van der Waals surface area (Å²) in [6.45, 7) is 5.21. The first-order valence-electron chi connectivity index (χ1n) is 7.78. The molecule has 0 bridgehead atoms. The van der Waals surface area contributed by atoms with E-state index >= 15 is 0 Å². The molecule has 0 aliphatic heterocycles. The average Bonchev–Trinajstić information content (AvgIpc) is 2.55. The van der Waals surface area contributed by atoms with Gasteiger partial charge >= 0.3 is 0 Å². The highest BCUT2D eigenvalue weighted by molar-refractivity contribution is 5.80. The molecule has 0 unspecified atom stereocenters. The van der Waals surface area contributed by atoms with Gasteiger partial charge < -0.3 is 14.8 Å². The van der Waals surface area contributed by atoms with Gasteiger partial charge in [-0.2, -0.15) is 0 Å². The Labute approximate surface area is 137 Å². The minimum Gasteiger partial charge on any atom is -0.481 e. The summed E-state index contributed by atoms with van der Waals surface area (Å²) < 4.78 is 11.2. The number of amides is 1. The zero-order chi connectivity index (χ0) is 16.5. The lowest BCUT2D eigenvalue weighted by atomic mass is 10.2. The lowest BCUT2D eigenvalue weighted by Gasteiger charge is -2.15. The van der Waals surface area contributed by atoms with Crippen LogP contribution in [0.5, 0.6) is 5.75 Å². The van der Waals surface area contributed by atoms with Crippen molar-refractivity contribution in [3.8, 4) is 5.75 Å². The molecular weight excluding hydrogens is 290 g/mol. The van der Waals surface area contributed by atoms with Crippen LogP contribution in [0.4, 0.5) is 0 Å². The summed E-state index contributed by atoms with van der Waals surface area (Å²) in [6, 6.07) is 17.6. The number of rotatable bonds is 8. The standard InChI is InChI=1S/C19H23NO3/c1-15-7-6-10-18(13-15)23-16(2)19(21)20-11-12-22-14-17-8-4-3-5-9-17/h3-10,13,16H,11-12,14H2,1-2H3,(H,20,21)/t16-/m0/s1. The van der Waals surface area contributed by atoms with Crippen molar-refractivity contribution in [2.45, 2.75) is 26.6 Å². The summed E-state index contributed by atoms with van der Waals surface area (Å²) >= 11 is 0. The molecule has 2 rings (SSSR count).